The number of ether oxygens (including phenoxy) is 1. The van der Waals surface area contributed by atoms with Crippen molar-refractivity contribution in [2.75, 3.05) is 6.61 Å². The summed E-state index contributed by atoms with van der Waals surface area (Å²) in [4.78, 5) is 40.5. The van der Waals surface area contributed by atoms with Crippen molar-refractivity contribution >= 4 is 17.7 Å². The Bertz CT molecular complexity index is 913. The fourth-order valence-electron chi connectivity index (χ4n) is 3.75. The summed E-state index contributed by atoms with van der Waals surface area (Å²) in [5.41, 5.74) is 2.63. The number of aromatic nitrogens is 1. The first-order valence-corrected chi connectivity index (χ1v) is 9.88. The predicted octanol–water partition coefficient (Wildman–Crippen LogP) is 3.94. The second-order valence-corrected chi connectivity index (χ2v) is 7.43. The number of benzene rings is 1. The summed E-state index contributed by atoms with van der Waals surface area (Å²) >= 11 is 0. The van der Waals surface area contributed by atoms with E-state index in [1.165, 1.54) is 0 Å². The number of hydrogen-bond donors (Lipinski definition) is 0. The molecule has 6 nitrogen and oxygen atoms in total. The second kappa shape index (κ2) is 9.07. The van der Waals surface area contributed by atoms with Crippen molar-refractivity contribution in [2.45, 2.75) is 53.6 Å². The van der Waals surface area contributed by atoms with E-state index >= 15 is 0 Å². The molecule has 0 bridgehead atoms. The average Bonchev–Trinajstić information content (AvgIpc) is 2.90. The zero-order chi connectivity index (χ0) is 21.9. The van der Waals surface area contributed by atoms with E-state index in [0.717, 1.165) is 0 Å². The fraction of sp³-hybridized carbons (Fsp3) is 0.435. The van der Waals surface area contributed by atoms with Gasteiger partial charge in [0.05, 0.1) is 12.6 Å². The summed E-state index contributed by atoms with van der Waals surface area (Å²) in [6.45, 7) is 11.1. The van der Waals surface area contributed by atoms with E-state index in [0.29, 0.717) is 28.1 Å². The Morgan fingerprint density at radius 3 is 2.17 bits per heavy atom. The molecule has 29 heavy (non-hydrogen) atoms. The van der Waals surface area contributed by atoms with Gasteiger partial charge in [0.1, 0.15) is 5.69 Å². The fourth-order valence-corrected chi connectivity index (χ4v) is 3.75. The van der Waals surface area contributed by atoms with Crippen molar-refractivity contribution in [3.63, 3.8) is 0 Å². The maximum atomic E-state index is 13.5. The van der Waals surface area contributed by atoms with Crippen molar-refractivity contribution in [1.82, 2.24) is 9.47 Å². The Hall–Kier alpha value is -2.89. The molecule has 0 saturated heterocycles. The largest absolute Gasteiger partial charge is 0.461 e. The van der Waals surface area contributed by atoms with Gasteiger partial charge in [-0.1, -0.05) is 18.2 Å². The molecule has 1 aromatic carbocycles. The van der Waals surface area contributed by atoms with E-state index in [2.05, 4.69) is 0 Å². The molecule has 0 radical (unpaired) electrons. The lowest BCUT2D eigenvalue weighted by molar-refractivity contribution is 0.0513. The molecule has 0 aliphatic rings. The zero-order valence-corrected chi connectivity index (χ0v) is 18.3. The highest BCUT2D eigenvalue weighted by molar-refractivity contribution is 6.07. The highest BCUT2D eigenvalue weighted by Crippen LogP contribution is 2.26. The topological polar surface area (TPSA) is 68.6 Å². The highest BCUT2D eigenvalue weighted by atomic mass is 16.5. The minimum atomic E-state index is -0.683. The first-order chi connectivity index (χ1) is 13.6. The van der Waals surface area contributed by atoms with Gasteiger partial charge in [0.2, 0.25) is 0 Å². The number of carbonyl (C=O) groups is 3. The van der Waals surface area contributed by atoms with E-state index < -0.39 is 12.0 Å². The van der Waals surface area contributed by atoms with Crippen LogP contribution < -0.4 is 0 Å². The van der Waals surface area contributed by atoms with Crippen LogP contribution in [0.2, 0.25) is 0 Å². The smallest absolute Gasteiger partial charge is 0.355 e. The molecule has 1 unspecified atom stereocenters. The number of Topliss-reactive ketones (excluding diaryl/α,β-unsaturated/α-hetero) is 1. The lowest BCUT2D eigenvalue weighted by Crippen LogP contribution is -2.47. The molecule has 0 aliphatic heterocycles. The SMILES string of the molecule is CCOC(=O)c1c(C)c(C(=O)C(C)N(C(=O)c2ccccc2)C(C)C)c(C)n1C. The third kappa shape index (κ3) is 4.26. The Morgan fingerprint density at radius 2 is 1.66 bits per heavy atom. The summed E-state index contributed by atoms with van der Waals surface area (Å²) in [5.74, 6) is -0.842. The maximum Gasteiger partial charge on any atom is 0.355 e. The molecule has 1 heterocycles. The van der Waals surface area contributed by atoms with Gasteiger partial charge in [-0.3, -0.25) is 9.59 Å². The summed E-state index contributed by atoms with van der Waals surface area (Å²) in [5, 5.41) is 0. The van der Waals surface area contributed by atoms with E-state index in [1.54, 1.807) is 68.5 Å². The van der Waals surface area contributed by atoms with Gasteiger partial charge in [-0.05, 0) is 59.2 Å². The van der Waals surface area contributed by atoms with Crippen LogP contribution in [0.5, 0.6) is 0 Å². The van der Waals surface area contributed by atoms with Crippen molar-refractivity contribution in [3.05, 3.63) is 58.4 Å². The monoisotopic (exact) mass is 398 g/mol. The van der Waals surface area contributed by atoms with Crippen molar-refractivity contribution in [2.24, 2.45) is 7.05 Å². The van der Waals surface area contributed by atoms with Gasteiger partial charge < -0.3 is 14.2 Å². The number of nitrogens with zero attached hydrogens (tertiary/aromatic N) is 2. The summed E-state index contributed by atoms with van der Waals surface area (Å²) < 4.78 is 6.83. The Balaban J connectivity index is 2.46. The van der Waals surface area contributed by atoms with Crippen LogP contribution in [0.3, 0.4) is 0 Å². The molecular weight excluding hydrogens is 368 g/mol. The summed E-state index contributed by atoms with van der Waals surface area (Å²) in [7, 11) is 1.74. The summed E-state index contributed by atoms with van der Waals surface area (Å²) in [6.07, 6.45) is 0. The molecule has 0 fully saturated rings. The van der Waals surface area contributed by atoms with Gasteiger partial charge in [0, 0.05) is 29.9 Å². The zero-order valence-electron chi connectivity index (χ0n) is 18.3. The number of amides is 1. The number of esters is 1. The average molecular weight is 399 g/mol. The van der Waals surface area contributed by atoms with Gasteiger partial charge in [-0.15, -0.1) is 0 Å². The number of rotatable bonds is 7. The minimum Gasteiger partial charge on any atom is -0.461 e. The van der Waals surface area contributed by atoms with Gasteiger partial charge in [-0.2, -0.15) is 0 Å². The third-order valence-corrected chi connectivity index (χ3v) is 5.25. The first kappa shape index (κ1) is 22.4. The quantitative estimate of drug-likeness (QED) is 0.523. The maximum absolute atomic E-state index is 13.5. The third-order valence-electron chi connectivity index (χ3n) is 5.25. The molecule has 1 amide bonds. The van der Waals surface area contributed by atoms with E-state index in [1.807, 2.05) is 19.9 Å². The Kier molecular flexibility index (Phi) is 7.01. The van der Waals surface area contributed by atoms with Crippen molar-refractivity contribution < 1.29 is 19.1 Å². The Morgan fingerprint density at radius 1 is 1.07 bits per heavy atom. The molecule has 0 saturated carbocycles. The Labute approximate surface area is 172 Å². The van der Waals surface area contributed by atoms with Crippen LogP contribution in [0.25, 0.3) is 0 Å². The van der Waals surface area contributed by atoms with Crippen LogP contribution in [0.15, 0.2) is 30.3 Å². The lowest BCUT2D eigenvalue weighted by Gasteiger charge is -2.32. The van der Waals surface area contributed by atoms with E-state index in [-0.39, 0.29) is 24.3 Å². The number of ketones is 1. The molecule has 2 rings (SSSR count). The molecule has 6 heteroatoms. The molecule has 2 aromatic rings. The van der Waals surface area contributed by atoms with Crippen LogP contribution in [0, 0.1) is 13.8 Å². The first-order valence-electron chi connectivity index (χ1n) is 9.88. The van der Waals surface area contributed by atoms with Gasteiger partial charge >= 0.3 is 5.97 Å². The van der Waals surface area contributed by atoms with Crippen LogP contribution in [0.1, 0.15) is 70.2 Å². The van der Waals surface area contributed by atoms with Gasteiger partial charge in [0.25, 0.3) is 5.91 Å². The summed E-state index contributed by atoms with van der Waals surface area (Å²) in [6, 6.07) is 8.08. The highest BCUT2D eigenvalue weighted by Gasteiger charge is 2.33. The van der Waals surface area contributed by atoms with Crippen LogP contribution in [-0.4, -0.2) is 45.8 Å². The standard InChI is InChI=1S/C23H30N2O4/c1-8-29-23(28)20-15(4)19(16(5)24(20)7)21(26)17(6)25(14(2)3)22(27)18-12-10-9-11-13-18/h9-14,17H,8H2,1-7H3. The van der Waals surface area contributed by atoms with E-state index in [4.69, 9.17) is 4.74 Å². The van der Waals surface area contributed by atoms with Gasteiger partial charge in [0.15, 0.2) is 5.78 Å². The molecule has 1 aromatic heterocycles. The lowest BCUT2D eigenvalue weighted by atomic mass is 9.98. The van der Waals surface area contributed by atoms with Crippen molar-refractivity contribution in [3.8, 4) is 0 Å². The number of carbonyl (C=O) groups excluding carboxylic acids is 3. The molecule has 0 spiro atoms. The second-order valence-electron chi connectivity index (χ2n) is 7.43. The molecule has 0 aliphatic carbocycles. The molecule has 0 N–H and O–H groups in total. The minimum absolute atomic E-state index is 0.171. The van der Waals surface area contributed by atoms with Crippen LogP contribution >= 0.6 is 0 Å². The van der Waals surface area contributed by atoms with Crippen LogP contribution in [-0.2, 0) is 11.8 Å². The number of hydrogen-bond acceptors (Lipinski definition) is 4. The molecule has 156 valence electrons. The molecule has 1 atom stereocenters. The van der Waals surface area contributed by atoms with Gasteiger partial charge in [-0.25, -0.2) is 4.79 Å². The van der Waals surface area contributed by atoms with Crippen molar-refractivity contribution in [1.29, 1.82) is 0 Å². The predicted molar refractivity (Wildman–Crippen MR) is 112 cm³/mol. The van der Waals surface area contributed by atoms with E-state index in [9.17, 15) is 14.4 Å². The van der Waals surface area contributed by atoms with Crippen LogP contribution in [0.4, 0.5) is 0 Å². The molecular formula is C23H30N2O4. The normalized spacial score (nSPS) is 12.0.